The van der Waals surface area contributed by atoms with E-state index in [1.165, 1.54) is 19.3 Å². The standard InChI is InChI=1S/3C10H19.CH3.Sn/c3*1-8(2)10-6-4-9(3)5-7-10;;/h3*6,8-10H,4-5,7H2,1-3H3;1H3;/t3*9-,10-;;/m000../s1. The van der Waals surface area contributed by atoms with Crippen molar-refractivity contribution in [2.24, 2.45) is 53.3 Å². The summed E-state index contributed by atoms with van der Waals surface area (Å²) in [6.07, 6.45) is 13.9. The SMILES string of the molecule is CC(C)[C@@H]1CC[C@@H](C)C[C@H]1[Sn]([CH3])([C@@H]1C[C@H](C)CC[C@H]1C(C)C)[C@@H]1C[C@H](C)CC[C@H]1C(C)C. The first-order chi connectivity index (χ1) is 15.0. The van der Waals surface area contributed by atoms with Crippen LogP contribution in [0.25, 0.3) is 0 Å². The van der Waals surface area contributed by atoms with Crippen molar-refractivity contribution in [1.29, 1.82) is 0 Å². The second-order valence-electron chi connectivity index (χ2n) is 14.7. The zero-order valence-electron chi connectivity index (χ0n) is 23.8. The van der Waals surface area contributed by atoms with Gasteiger partial charge in [-0.2, -0.15) is 0 Å². The van der Waals surface area contributed by atoms with Crippen molar-refractivity contribution in [2.75, 3.05) is 0 Å². The normalized spacial score (nSPS) is 42.1. The second kappa shape index (κ2) is 11.2. The molecule has 0 radical (unpaired) electrons. The van der Waals surface area contributed by atoms with E-state index < -0.39 is 18.4 Å². The van der Waals surface area contributed by atoms with Gasteiger partial charge in [0.1, 0.15) is 0 Å². The summed E-state index contributed by atoms with van der Waals surface area (Å²) in [6.45, 7) is 23.4. The van der Waals surface area contributed by atoms with Crippen LogP contribution < -0.4 is 0 Å². The molecule has 0 aromatic heterocycles. The molecule has 0 aromatic carbocycles. The number of hydrogen-bond donors (Lipinski definition) is 0. The van der Waals surface area contributed by atoms with Crippen molar-refractivity contribution in [1.82, 2.24) is 0 Å². The third-order valence-corrected chi connectivity index (χ3v) is 30.8. The van der Waals surface area contributed by atoms with Crippen LogP contribution in [0.3, 0.4) is 0 Å². The van der Waals surface area contributed by atoms with Crippen LogP contribution in [0.15, 0.2) is 0 Å². The van der Waals surface area contributed by atoms with Gasteiger partial charge in [-0.25, -0.2) is 0 Å². The molecule has 9 atom stereocenters. The van der Waals surface area contributed by atoms with E-state index in [9.17, 15) is 0 Å². The summed E-state index contributed by atoms with van der Waals surface area (Å²) < 4.78 is 3.42. The summed E-state index contributed by atoms with van der Waals surface area (Å²) in [4.78, 5) is 3.10. The van der Waals surface area contributed by atoms with Gasteiger partial charge >= 0.3 is 208 Å². The predicted molar refractivity (Wildman–Crippen MR) is 147 cm³/mol. The molecule has 0 unspecified atom stereocenters. The molecule has 0 spiro atoms. The molecule has 0 nitrogen and oxygen atoms in total. The summed E-state index contributed by atoms with van der Waals surface area (Å²) in [5.41, 5.74) is 0. The van der Waals surface area contributed by atoms with Crippen LogP contribution >= 0.6 is 0 Å². The fourth-order valence-electron chi connectivity index (χ4n) is 9.58. The quantitative estimate of drug-likeness (QED) is 0.288. The Bertz CT molecular complexity index is 498. The van der Waals surface area contributed by atoms with Gasteiger partial charge in [-0.05, 0) is 0 Å². The third-order valence-electron chi connectivity index (χ3n) is 11.5. The molecular formula is C31H60Sn. The minimum atomic E-state index is -2.60. The first kappa shape index (κ1) is 27.4. The molecule has 3 aliphatic carbocycles. The van der Waals surface area contributed by atoms with E-state index in [-0.39, 0.29) is 0 Å². The van der Waals surface area contributed by atoms with E-state index in [2.05, 4.69) is 67.3 Å². The molecule has 3 fully saturated rings. The molecule has 3 aliphatic rings. The average molecular weight is 552 g/mol. The minimum absolute atomic E-state index is 0.889. The first-order valence-electron chi connectivity index (χ1n) is 15.0. The van der Waals surface area contributed by atoms with Crippen molar-refractivity contribution in [3.63, 3.8) is 0 Å². The zero-order valence-corrected chi connectivity index (χ0v) is 26.6. The second-order valence-corrected chi connectivity index (χ2v) is 28.8. The molecule has 32 heavy (non-hydrogen) atoms. The Kier molecular flexibility index (Phi) is 9.62. The zero-order chi connectivity index (χ0) is 23.8. The third kappa shape index (κ3) is 5.61. The van der Waals surface area contributed by atoms with E-state index in [1.807, 2.05) is 0 Å². The number of rotatable bonds is 6. The molecule has 0 N–H and O–H groups in total. The van der Waals surface area contributed by atoms with Crippen molar-refractivity contribution in [3.05, 3.63) is 0 Å². The van der Waals surface area contributed by atoms with Gasteiger partial charge in [0.25, 0.3) is 0 Å². The predicted octanol–water partition coefficient (Wildman–Crippen LogP) is 10.5. The molecule has 0 heterocycles. The fraction of sp³-hybridized carbons (Fsp3) is 1.00. The monoisotopic (exact) mass is 552 g/mol. The van der Waals surface area contributed by atoms with Gasteiger partial charge < -0.3 is 0 Å². The first-order valence-corrected chi connectivity index (χ1v) is 22.8. The van der Waals surface area contributed by atoms with Gasteiger partial charge in [-0.3, -0.25) is 0 Å². The van der Waals surface area contributed by atoms with E-state index in [0.29, 0.717) is 0 Å². The van der Waals surface area contributed by atoms with E-state index >= 15 is 0 Å². The molecular weight excluding hydrogens is 491 g/mol. The van der Waals surface area contributed by atoms with Crippen molar-refractivity contribution in [3.8, 4) is 0 Å². The molecule has 0 bridgehead atoms. The molecule has 1 heteroatoms. The Morgan fingerprint density at radius 1 is 0.469 bits per heavy atom. The van der Waals surface area contributed by atoms with Crippen LogP contribution in [0.2, 0.25) is 16.7 Å². The Morgan fingerprint density at radius 3 is 0.938 bits per heavy atom. The Balaban J connectivity index is 2.14. The molecule has 0 saturated heterocycles. The topological polar surface area (TPSA) is 0 Å². The Hall–Kier alpha value is 0.799. The van der Waals surface area contributed by atoms with E-state index in [4.69, 9.17) is 0 Å². The van der Waals surface area contributed by atoms with Crippen molar-refractivity contribution < 1.29 is 0 Å². The summed E-state index contributed by atoms with van der Waals surface area (Å²) in [5.74, 6) is 8.68. The van der Waals surface area contributed by atoms with Crippen LogP contribution in [-0.2, 0) is 0 Å². The van der Waals surface area contributed by atoms with Crippen molar-refractivity contribution in [2.45, 2.75) is 137 Å². The van der Waals surface area contributed by atoms with Gasteiger partial charge in [0.15, 0.2) is 0 Å². The van der Waals surface area contributed by atoms with E-state index in [1.54, 1.807) is 38.5 Å². The summed E-state index contributed by atoms with van der Waals surface area (Å²) in [5, 5.41) is 0. The maximum atomic E-state index is 3.10. The summed E-state index contributed by atoms with van der Waals surface area (Å²) in [6, 6.07) is 0. The van der Waals surface area contributed by atoms with Crippen LogP contribution in [0, 0.1) is 53.3 Å². The van der Waals surface area contributed by atoms with Crippen LogP contribution in [0.4, 0.5) is 0 Å². The molecule has 0 aliphatic heterocycles. The molecule has 0 amide bonds. The Labute approximate surface area is 207 Å². The summed E-state index contributed by atoms with van der Waals surface area (Å²) >= 11 is -2.60. The maximum absolute atomic E-state index is 3.10. The Morgan fingerprint density at radius 2 is 0.719 bits per heavy atom. The van der Waals surface area contributed by atoms with E-state index in [0.717, 1.165) is 65.1 Å². The molecule has 0 aromatic rings. The summed E-state index contributed by atoms with van der Waals surface area (Å²) in [7, 11) is 0. The number of hydrogen-bond acceptors (Lipinski definition) is 0. The van der Waals surface area contributed by atoms with Gasteiger partial charge in [0.2, 0.25) is 0 Å². The molecule has 188 valence electrons. The molecule has 3 rings (SSSR count). The van der Waals surface area contributed by atoms with Gasteiger partial charge in [0.05, 0.1) is 0 Å². The van der Waals surface area contributed by atoms with Gasteiger partial charge in [0, 0.05) is 0 Å². The average Bonchev–Trinajstić information content (AvgIpc) is 2.72. The van der Waals surface area contributed by atoms with Gasteiger partial charge in [-0.15, -0.1) is 0 Å². The van der Waals surface area contributed by atoms with Crippen molar-refractivity contribution >= 4 is 18.4 Å². The molecule has 3 saturated carbocycles. The van der Waals surface area contributed by atoms with Gasteiger partial charge in [-0.1, -0.05) is 0 Å². The fourth-order valence-corrected chi connectivity index (χ4v) is 34.7. The van der Waals surface area contributed by atoms with Crippen LogP contribution in [-0.4, -0.2) is 18.4 Å². The van der Waals surface area contributed by atoms with Crippen LogP contribution in [0.1, 0.15) is 120 Å². The van der Waals surface area contributed by atoms with Crippen LogP contribution in [0.5, 0.6) is 0 Å².